The molecule has 0 aliphatic carbocycles. The number of hydrogen-bond acceptors (Lipinski definition) is 6. The second kappa shape index (κ2) is 9.54. The summed E-state index contributed by atoms with van der Waals surface area (Å²) in [6.45, 7) is 0.127. The molecule has 2 aromatic carbocycles. The third kappa shape index (κ3) is 7.32. The van der Waals surface area contributed by atoms with Crippen LogP contribution in [0.2, 0.25) is 0 Å². The van der Waals surface area contributed by atoms with E-state index in [4.69, 9.17) is 10.5 Å². The Labute approximate surface area is 151 Å². The molecule has 0 aromatic heterocycles. The molecule has 0 spiro atoms. The Balaban J connectivity index is 1.76. The summed E-state index contributed by atoms with van der Waals surface area (Å²) in [6, 6.07) is 18.0. The molecule has 138 valence electrons. The largest absolute Gasteiger partial charge is 0.535 e. The average molecular weight is 377 g/mol. The van der Waals surface area contributed by atoms with Crippen molar-refractivity contribution in [3.63, 3.8) is 0 Å². The summed E-state index contributed by atoms with van der Waals surface area (Å²) < 4.78 is 31.1. The van der Waals surface area contributed by atoms with Crippen molar-refractivity contribution in [2.24, 2.45) is 10.9 Å². The highest BCUT2D eigenvalue weighted by Crippen LogP contribution is 2.02. The molecule has 0 bridgehead atoms. The van der Waals surface area contributed by atoms with Crippen LogP contribution in [0.4, 0.5) is 4.79 Å². The number of benzene rings is 2. The SMILES string of the molecule is NC(CS(=O)(=O)NCc1ccccc1)=NOC(=O)OCc1ccccc1. The Morgan fingerprint density at radius 1 is 1.00 bits per heavy atom. The molecule has 26 heavy (non-hydrogen) atoms. The molecular weight excluding hydrogens is 358 g/mol. The monoisotopic (exact) mass is 377 g/mol. The Bertz CT molecular complexity index is 839. The van der Waals surface area contributed by atoms with Crippen LogP contribution in [-0.2, 0) is 32.7 Å². The number of carbonyl (C=O) groups excluding carboxylic acids is 1. The van der Waals surface area contributed by atoms with Crippen molar-refractivity contribution in [2.75, 3.05) is 5.75 Å². The van der Waals surface area contributed by atoms with Crippen LogP contribution in [0, 0.1) is 0 Å². The minimum Gasteiger partial charge on any atom is -0.428 e. The zero-order chi connectivity index (χ0) is 18.8. The lowest BCUT2D eigenvalue weighted by atomic mass is 10.2. The topological polar surface area (TPSA) is 120 Å². The van der Waals surface area contributed by atoms with E-state index in [0.717, 1.165) is 11.1 Å². The first-order chi connectivity index (χ1) is 12.4. The fourth-order valence-corrected chi connectivity index (χ4v) is 2.83. The molecule has 0 saturated carbocycles. The molecule has 0 unspecified atom stereocenters. The van der Waals surface area contributed by atoms with Gasteiger partial charge in [0.15, 0.2) is 5.84 Å². The summed E-state index contributed by atoms with van der Waals surface area (Å²) in [5, 5.41) is 3.28. The maximum Gasteiger partial charge on any atom is 0.535 e. The van der Waals surface area contributed by atoms with Gasteiger partial charge in [0.05, 0.1) is 0 Å². The van der Waals surface area contributed by atoms with Gasteiger partial charge in [-0.3, -0.25) is 4.84 Å². The van der Waals surface area contributed by atoms with Gasteiger partial charge in [-0.2, -0.15) is 0 Å². The van der Waals surface area contributed by atoms with E-state index >= 15 is 0 Å². The second-order valence-corrected chi connectivity index (χ2v) is 7.07. The number of nitrogens with two attached hydrogens (primary N) is 1. The molecule has 9 heteroatoms. The van der Waals surface area contributed by atoms with E-state index < -0.39 is 21.9 Å². The number of hydrogen-bond donors (Lipinski definition) is 2. The summed E-state index contributed by atoms with van der Waals surface area (Å²) in [4.78, 5) is 15.9. The van der Waals surface area contributed by atoms with E-state index in [2.05, 4.69) is 14.7 Å². The van der Waals surface area contributed by atoms with Crippen molar-refractivity contribution >= 4 is 22.0 Å². The quantitative estimate of drug-likeness (QED) is 0.238. The smallest absolute Gasteiger partial charge is 0.428 e. The average Bonchev–Trinajstić information content (AvgIpc) is 2.64. The molecule has 2 rings (SSSR count). The first-order valence-electron chi connectivity index (χ1n) is 7.66. The van der Waals surface area contributed by atoms with Gasteiger partial charge in [-0.1, -0.05) is 65.8 Å². The van der Waals surface area contributed by atoms with E-state index in [1.165, 1.54) is 0 Å². The normalized spacial score (nSPS) is 11.8. The summed E-state index contributed by atoms with van der Waals surface area (Å²) >= 11 is 0. The van der Waals surface area contributed by atoms with Gasteiger partial charge in [0.2, 0.25) is 10.0 Å². The second-order valence-electron chi connectivity index (χ2n) is 5.26. The fraction of sp³-hybridized carbons (Fsp3) is 0.176. The van der Waals surface area contributed by atoms with Crippen LogP contribution in [0.1, 0.15) is 11.1 Å². The van der Waals surface area contributed by atoms with Crippen LogP contribution in [0.5, 0.6) is 0 Å². The van der Waals surface area contributed by atoms with E-state index in [0.29, 0.717) is 0 Å². The molecule has 0 saturated heterocycles. The molecule has 3 N–H and O–H groups in total. The lowest BCUT2D eigenvalue weighted by Gasteiger charge is -2.06. The predicted octanol–water partition coefficient (Wildman–Crippen LogP) is 1.73. The number of sulfonamides is 1. The number of amidine groups is 1. The molecule has 0 aliphatic rings. The molecule has 0 atom stereocenters. The zero-order valence-corrected chi connectivity index (χ0v) is 14.7. The van der Waals surface area contributed by atoms with Crippen molar-refractivity contribution in [1.29, 1.82) is 0 Å². The van der Waals surface area contributed by atoms with Crippen LogP contribution in [0.3, 0.4) is 0 Å². The Morgan fingerprint density at radius 2 is 1.58 bits per heavy atom. The Kier molecular flexibility index (Phi) is 7.12. The highest BCUT2D eigenvalue weighted by Gasteiger charge is 2.14. The van der Waals surface area contributed by atoms with E-state index in [1.807, 2.05) is 12.1 Å². The van der Waals surface area contributed by atoms with Gasteiger partial charge in [-0.25, -0.2) is 17.9 Å². The Hall–Kier alpha value is -2.91. The maximum atomic E-state index is 11.9. The van der Waals surface area contributed by atoms with Gasteiger partial charge >= 0.3 is 6.16 Å². The van der Waals surface area contributed by atoms with Gasteiger partial charge in [0.1, 0.15) is 12.4 Å². The first kappa shape index (κ1) is 19.4. The minimum absolute atomic E-state index is 0.00598. The van der Waals surface area contributed by atoms with Gasteiger partial charge < -0.3 is 10.5 Å². The Morgan fingerprint density at radius 3 is 2.19 bits per heavy atom. The molecule has 0 heterocycles. The molecule has 2 aromatic rings. The van der Waals surface area contributed by atoms with Crippen LogP contribution in [-0.4, -0.2) is 26.2 Å². The van der Waals surface area contributed by atoms with Crippen LogP contribution in [0.25, 0.3) is 0 Å². The summed E-state index contributed by atoms with van der Waals surface area (Å²) in [5.74, 6) is -0.978. The van der Waals surface area contributed by atoms with Gasteiger partial charge in [0.25, 0.3) is 0 Å². The molecule has 0 aliphatic heterocycles. The molecule has 0 fully saturated rings. The highest BCUT2D eigenvalue weighted by atomic mass is 32.2. The molecule has 8 nitrogen and oxygen atoms in total. The third-order valence-corrected chi connectivity index (χ3v) is 4.37. The van der Waals surface area contributed by atoms with Crippen LogP contribution < -0.4 is 10.5 Å². The molecular formula is C17H19N3O5S. The highest BCUT2D eigenvalue weighted by molar-refractivity contribution is 7.90. The fourth-order valence-electron chi connectivity index (χ4n) is 1.90. The molecule has 0 radical (unpaired) electrons. The number of carbonyl (C=O) groups is 1. The molecule has 0 amide bonds. The van der Waals surface area contributed by atoms with Gasteiger partial charge in [-0.15, -0.1) is 0 Å². The number of rotatable bonds is 8. The van der Waals surface area contributed by atoms with Gasteiger partial charge in [-0.05, 0) is 11.1 Å². The maximum absolute atomic E-state index is 11.9. The van der Waals surface area contributed by atoms with E-state index in [-0.39, 0.29) is 19.0 Å². The lowest BCUT2D eigenvalue weighted by molar-refractivity contribution is 0.0518. The lowest BCUT2D eigenvalue weighted by Crippen LogP contribution is -2.33. The van der Waals surface area contributed by atoms with Crippen molar-refractivity contribution in [3.05, 3.63) is 71.8 Å². The van der Waals surface area contributed by atoms with Gasteiger partial charge in [0, 0.05) is 6.54 Å². The predicted molar refractivity (Wildman–Crippen MR) is 96.4 cm³/mol. The van der Waals surface area contributed by atoms with Crippen molar-refractivity contribution in [1.82, 2.24) is 4.72 Å². The number of ether oxygens (including phenoxy) is 1. The van der Waals surface area contributed by atoms with Crippen molar-refractivity contribution in [3.8, 4) is 0 Å². The third-order valence-electron chi connectivity index (χ3n) is 3.11. The standard InChI is InChI=1S/C17H19N3O5S/c18-16(13-26(22,23)19-11-14-7-3-1-4-8-14)20-25-17(21)24-12-15-9-5-2-6-10-15/h1-10,19H,11-13H2,(H2,18,20). The minimum atomic E-state index is -3.72. The first-order valence-corrected chi connectivity index (χ1v) is 9.31. The number of nitrogens with one attached hydrogen (secondary N) is 1. The number of oxime groups is 1. The summed E-state index contributed by atoms with van der Waals surface area (Å²) in [7, 11) is -3.72. The van der Waals surface area contributed by atoms with Crippen molar-refractivity contribution in [2.45, 2.75) is 13.2 Å². The van der Waals surface area contributed by atoms with E-state index in [9.17, 15) is 13.2 Å². The summed E-state index contributed by atoms with van der Waals surface area (Å²) in [5.41, 5.74) is 7.05. The van der Waals surface area contributed by atoms with Crippen molar-refractivity contribution < 1.29 is 22.8 Å². The van der Waals surface area contributed by atoms with Crippen LogP contribution in [0.15, 0.2) is 65.8 Å². The zero-order valence-electron chi connectivity index (χ0n) is 13.9. The van der Waals surface area contributed by atoms with E-state index in [1.54, 1.807) is 48.5 Å². The van der Waals surface area contributed by atoms with Crippen LogP contribution >= 0.6 is 0 Å². The number of nitrogens with zero attached hydrogens (tertiary/aromatic N) is 1. The summed E-state index contributed by atoms with van der Waals surface area (Å²) in [6.07, 6.45) is -1.08.